The highest BCUT2D eigenvalue weighted by atomic mass is 16.6. The highest BCUT2D eigenvalue weighted by Gasteiger charge is 2.43. The molecule has 10 nitrogen and oxygen atoms in total. The van der Waals surface area contributed by atoms with Crippen LogP contribution in [0.5, 0.6) is 11.5 Å². The van der Waals surface area contributed by atoms with Gasteiger partial charge in [-0.2, -0.15) is 0 Å². The van der Waals surface area contributed by atoms with Gasteiger partial charge in [0.1, 0.15) is 19.3 Å². The van der Waals surface area contributed by atoms with Crippen molar-refractivity contribution in [1.82, 2.24) is 30.5 Å². The van der Waals surface area contributed by atoms with Gasteiger partial charge in [-0.25, -0.2) is 0 Å². The Labute approximate surface area is 234 Å². The van der Waals surface area contributed by atoms with Crippen molar-refractivity contribution < 1.29 is 19.1 Å². The van der Waals surface area contributed by atoms with Crippen LogP contribution < -0.4 is 20.1 Å². The van der Waals surface area contributed by atoms with Crippen molar-refractivity contribution in [2.24, 2.45) is 5.41 Å². The van der Waals surface area contributed by atoms with Gasteiger partial charge in [0, 0.05) is 38.7 Å². The third kappa shape index (κ3) is 5.96. The maximum atomic E-state index is 14.1. The Hall–Kier alpha value is -3.92. The molecule has 2 bridgehead atoms. The SMILES string of the molecule is O=C1NCCCn2cc(nn2)CC2(CCN(Cc3ccc4c(c3)OCCO4)CC2)C(=O)N[C@H]1Cc1ccccc1. The molecule has 1 spiro atoms. The molecule has 210 valence electrons. The second kappa shape index (κ2) is 11.7. The number of amides is 2. The summed E-state index contributed by atoms with van der Waals surface area (Å²) in [6.07, 6.45) is 4.94. The summed E-state index contributed by atoms with van der Waals surface area (Å²) in [6, 6.07) is 15.3. The number of hydrogen-bond acceptors (Lipinski definition) is 7. The first-order valence-corrected chi connectivity index (χ1v) is 14.2. The minimum Gasteiger partial charge on any atom is -0.486 e. The average molecular weight is 545 g/mol. The second-order valence-electron chi connectivity index (χ2n) is 11.0. The van der Waals surface area contributed by atoms with Crippen LogP contribution in [-0.4, -0.2) is 70.6 Å². The molecular weight excluding hydrogens is 508 g/mol. The number of piperidine rings is 1. The van der Waals surface area contributed by atoms with Gasteiger partial charge in [0.2, 0.25) is 11.8 Å². The van der Waals surface area contributed by atoms with Crippen LogP contribution in [0.1, 0.15) is 36.1 Å². The number of likely N-dealkylation sites (tertiary alicyclic amines) is 1. The van der Waals surface area contributed by atoms with Crippen LogP contribution in [-0.2, 0) is 35.5 Å². The average Bonchev–Trinajstić information content (AvgIpc) is 3.43. The first-order valence-electron chi connectivity index (χ1n) is 14.2. The maximum Gasteiger partial charge on any atom is 0.242 e. The van der Waals surface area contributed by atoms with E-state index in [0.29, 0.717) is 52.0 Å². The molecule has 3 aromatic rings. The highest BCUT2D eigenvalue weighted by molar-refractivity contribution is 5.90. The van der Waals surface area contributed by atoms with Crippen LogP contribution in [0.4, 0.5) is 0 Å². The number of fused-ring (bicyclic) bond motifs is 3. The molecule has 1 saturated heterocycles. The van der Waals surface area contributed by atoms with Gasteiger partial charge in [-0.3, -0.25) is 19.2 Å². The fraction of sp³-hybridized carbons (Fsp3) is 0.467. The molecular formula is C30H36N6O4. The second-order valence-corrected chi connectivity index (χ2v) is 11.0. The van der Waals surface area contributed by atoms with Gasteiger partial charge >= 0.3 is 0 Å². The molecule has 3 aliphatic heterocycles. The molecule has 0 radical (unpaired) electrons. The van der Waals surface area contributed by atoms with Crippen molar-refractivity contribution in [3.63, 3.8) is 0 Å². The summed E-state index contributed by atoms with van der Waals surface area (Å²) in [5, 5.41) is 14.9. The Kier molecular flexibility index (Phi) is 7.68. The quantitative estimate of drug-likeness (QED) is 0.518. The monoisotopic (exact) mass is 544 g/mol. The molecule has 2 N–H and O–H groups in total. The molecule has 2 aromatic carbocycles. The lowest BCUT2D eigenvalue weighted by Gasteiger charge is -2.41. The number of carbonyl (C=O) groups excluding carboxylic acids is 2. The molecule has 10 heteroatoms. The van der Waals surface area contributed by atoms with E-state index in [1.807, 2.05) is 47.3 Å². The van der Waals surface area contributed by atoms with Crippen molar-refractivity contribution in [2.45, 2.75) is 51.2 Å². The lowest BCUT2D eigenvalue weighted by molar-refractivity contribution is -0.137. The van der Waals surface area contributed by atoms with E-state index in [0.717, 1.165) is 54.4 Å². The Morgan fingerprint density at radius 2 is 1.75 bits per heavy atom. The van der Waals surface area contributed by atoms with Crippen molar-refractivity contribution in [3.8, 4) is 11.5 Å². The number of nitrogens with zero attached hydrogens (tertiary/aromatic N) is 4. The topological polar surface area (TPSA) is 111 Å². The number of aryl methyl sites for hydroxylation is 1. The van der Waals surface area contributed by atoms with E-state index >= 15 is 0 Å². The largest absolute Gasteiger partial charge is 0.486 e. The van der Waals surface area contributed by atoms with Crippen LogP contribution >= 0.6 is 0 Å². The van der Waals surface area contributed by atoms with Crippen LogP contribution in [0.3, 0.4) is 0 Å². The molecule has 0 saturated carbocycles. The third-order valence-electron chi connectivity index (χ3n) is 8.18. The number of aromatic nitrogens is 3. The van der Waals surface area contributed by atoms with E-state index in [9.17, 15) is 9.59 Å². The molecule has 1 atom stereocenters. The summed E-state index contributed by atoms with van der Waals surface area (Å²) >= 11 is 0. The zero-order valence-electron chi connectivity index (χ0n) is 22.7. The molecule has 3 aliphatic rings. The van der Waals surface area contributed by atoms with Crippen LogP contribution in [0.2, 0.25) is 0 Å². The number of rotatable bonds is 4. The van der Waals surface area contributed by atoms with Crippen molar-refractivity contribution in [3.05, 3.63) is 71.5 Å². The molecule has 6 rings (SSSR count). The minimum absolute atomic E-state index is 0.0867. The Balaban J connectivity index is 1.20. The van der Waals surface area contributed by atoms with Gasteiger partial charge in [0.05, 0.1) is 11.1 Å². The lowest BCUT2D eigenvalue weighted by atomic mass is 9.73. The van der Waals surface area contributed by atoms with Gasteiger partial charge in [0.15, 0.2) is 11.5 Å². The summed E-state index contributed by atoms with van der Waals surface area (Å²) < 4.78 is 13.2. The normalized spacial score (nSPS) is 21.4. The Bertz CT molecular complexity index is 1330. The summed E-state index contributed by atoms with van der Waals surface area (Å²) in [5.74, 6) is 1.34. The minimum atomic E-state index is -0.673. The van der Waals surface area contributed by atoms with Gasteiger partial charge in [0.25, 0.3) is 0 Å². The number of hydrogen-bond donors (Lipinski definition) is 2. The Morgan fingerprint density at radius 1 is 0.950 bits per heavy atom. The molecule has 1 fully saturated rings. The standard InChI is InChI=1S/C30H36N6O4/c37-28-25(17-22-5-2-1-3-6-22)32-29(38)30(19-24-21-36(34-33-24)12-4-11-31-28)9-13-35(14-10-30)20-23-7-8-26-27(18-23)40-16-15-39-26/h1-3,5-8,18,21,25H,4,9-17,19-20H2,(H,31,37)(H,32,38)/t25-/m0/s1. The number of nitrogens with one attached hydrogen (secondary N) is 2. The summed E-state index contributed by atoms with van der Waals surface area (Å²) in [7, 11) is 0. The van der Waals surface area contributed by atoms with Gasteiger partial charge in [-0.05, 0) is 55.6 Å². The van der Waals surface area contributed by atoms with E-state index in [1.165, 1.54) is 0 Å². The van der Waals surface area contributed by atoms with Crippen molar-refractivity contribution in [2.75, 3.05) is 32.8 Å². The highest BCUT2D eigenvalue weighted by Crippen LogP contribution is 2.37. The number of ether oxygens (including phenoxy) is 2. The predicted octanol–water partition coefficient (Wildman–Crippen LogP) is 2.12. The Morgan fingerprint density at radius 3 is 2.58 bits per heavy atom. The molecule has 2 amide bonds. The lowest BCUT2D eigenvalue weighted by Crippen LogP contribution is -2.56. The van der Waals surface area contributed by atoms with Gasteiger partial charge in [-0.15, -0.1) is 5.10 Å². The van der Waals surface area contributed by atoms with E-state index in [1.54, 1.807) is 0 Å². The van der Waals surface area contributed by atoms with Crippen molar-refractivity contribution >= 4 is 11.8 Å². The zero-order valence-corrected chi connectivity index (χ0v) is 22.7. The smallest absolute Gasteiger partial charge is 0.242 e. The molecule has 1 aromatic heterocycles. The van der Waals surface area contributed by atoms with Gasteiger partial charge in [-0.1, -0.05) is 41.6 Å². The van der Waals surface area contributed by atoms with Crippen LogP contribution in [0, 0.1) is 5.41 Å². The van der Waals surface area contributed by atoms with E-state index < -0.39 is 11.5 Å². The van der Waals surface area contributed by atoms with Crippen molar-refractivity contribution in [1.29, 1.82) is 0 Å². The van der Waals surface area contributed by atoms with Crippen LogP contribution in [0.25, 0.3) is 0 Å². The molecule has 0 aliphatic carbocycles. The number of carbonyl (C=O) groups is 2. The van der Waals surface area contributed by atoms with E-state index in [-0.39, 0.29) is 11.8 Å². The number of benzene rings is 2. The summed E-state index contributed by atoms with van der Waals surface area (Å²) in [5.41, 5.74) is 2.31. The first kappa shape index (κ1) is 26.3. The predicted molar refractivity (Wildman–Crippen MR) is 148 cm³/mol. The van der Waals surface area contributed by atoms with E-state index in [4.69, 9.17) is 9.47 Å². The summed E-state index contributed by atoms with van der Waals surface area (Å²) in [4.78, 5) is 29.7. The van der Waals surface area contributed by atoms with Crippen LogP contribution in [0.15, 0.2) is 54.7 Å². The maximum absolute atomic E-state index is 14.1. The fourth-order valence-electron chi connectivity index (χ4n) is 5.89. The zero-order chi connectivity index (χ0) is 27.4. The first-order chi connectivity index (χ1) is 19.6. The summed E-state index contributed by atoms with van der Waals surface area (Å²) in [6.45, 7) is 4.58. The molecule has 4 heterocycles. The fourth-order valence-corrected chi connectivity index (χ4v) is 5.89. The molecule has 40 heavy (non-hydrogen) atoms. The molecule has 0 unspecified atom stereocenters. The third-order valence-corrected chi connectivity index (χ3v) is 8.18. The van der Waals surface area contributed by atoms with E-state index in [2.05, 4.69) is 38.0 Å². The van der Waals surface area contributed by atoms with Gasteiger partial charge < -0.3 is 20.1 Å².